The number of hydrogen-bond acceptors (Lipinski definition) is 0. The van der Waals surface area contributed by atoms with Crippen LogP contribution in [-0.4, -0.2) is 9.13 Å². The largest absolute Gasteiger partial charge is 0.309 e. The van der Waals surface area contributed by atoms with Crippen LogP contribution in [0.3, 0.4) is 0 Å². The summed E-state index contributed by atoms with van der Waals surface area (Å²) in [5.41, 5.74) is 12.3. The van der Waals surface area contributed by atoms with Crippen LogP contribution in [0.5, 0.6) is 0 Å². The van der Waals surface area contributed by atoms with Crippen LogP contribution >= 0.6 is 0 Å². The van der Waals surface area contributed by atoms with E-state index in [9.17, 15) is 0 Å². The summed E-state index contributed by atoms with van der Waals surface area (Å²) in [7, 11) is 0. The van der Waals surface area contributed by atoms with Gasteiger partial charge in [0.05, 0.1) is 22.1 Å². The van der Waals surface area contributed by atoms with Crippen LogP contribution < -0.4 is 0 Å². The van der Waals surface area contributed by atoms with E-state index in [0.29, 0.717) is 0 Å². The Balaban J connectivity index is 1.13. The first-order chi connectivity index (χ1) is 24.0. The van der Waals surface area contributed by atoms with Crippen molar-refractivity contribution in [2.75, 3.05) is 0 Å². The number of aromatic nitrogens is 2. The van der Waals surface area contributed by atoms with Crippen molar-refractivity contribution >= 4 is 60.0 Å². The van der Waals surface area contributed by atoms with Crippen LogP contribution in [0.1, 0.15) is 19.4 Å². The molecule has 49 heavy (non-hydrogen) atoms. The first kappa shape index (κ1) is 27.9. The lowest BCUT2D eigenvalue weighted by Crippen LogP contribution is -1.98. The number of rotatable bonds is 4. The highest BCUT2D eigenvalue weighted by molar-refractivity contribution is 6.13. The summed E-state index contributed by atoms with van der Waals surface area (Å²) in [6, 6.07) is 55.8. The Morgan fingerprint density at radius 1 is 0.408 bits per heavy atom. The predicted molar refractivity (Wildman–Crippen MR) is 209 cm³/mol. The number of para-hydroxylation sites is 2. The van der Waals surface area contributed by atoms with E-state index >= 15 is 0 Å². The van der Waals surface area contributed by atoms with Crippen LogP contribution in [0.2, 0.25) is 0 Å². The lowest BCUT2D eigenvalue weighted by molar-refractivity contribution is 0.637. The van der Waals surface area contributed by atoms with Crippen LogP contribution in [0.15, 0.2) is 170 Å². The molecule has 1 aliphatic carbocycles. The maximum absolute atomic E-state index is 2.42. The third kappa shape index (κ3) is 4.41. The second kappa shape index (κ2) is 10.4. The van der Waals surface area contributed by atoms with Crippen LogP contribution in [-0.2, 0) is 0 Å². The van der Waals surface area contributed by atoms with Gasteiger partial charge in [-0.15, -0.1) is 0 Å². The maximum atomic E-state index is 2.42. The molecule has 0 fully saturated rings. The molecule has 9 aromatic rings. The van der Waals surface area contributed by atoms with Crippen molar-refractivity contribution in [1.82, 2.24) is 9.13 Å². The Hall–Kier alpha value is -6.12. The van der Waals surface area contributed by atoms with Crippen LogP contribution in [0.25, 0.3) is 82.5 Å². The highest BCUT2D eigenvalue weighted by Gasteiger charge is 2.19. The Kier molecular flexibility index (Phi) is 5.95. The van der Waals surface area contributed by atoms with Gasteiger partial charge in [-0.2, -0.15) is 0 Å². The van der Waals surface area contributed by atoms with E-state index in [1.54, 1.807) is 0 Å². The molecule has 0 spiro atoms. The summed E-state index contributed by atoms with van der Waals surface area (Å²) >= 11 is 0. The third-order valence-corrected chi connectivity index (χ3v) is 10.3. The van der Waals surface area contributed by atoms with Gasteiger partial charge in [-0.25, -0.2) is 0 Å². The van der Waals surface area contributed by atoms with Crippen molar-refractivity contribution in [3.05, 3.63) is 175 Å². The van der Waals surface area contributed by atoms with Crippen molar-refractivity contribution in [3.63, 3.8) is 0 Å². The maximum Gasteiger partial charge on any atom is 0.0541 e. The third-order valence-electron chi connectivity index (χ3n) is 10.3. The van der Waals surface area contributed by atoms with Gasteiger partial charge < -0.3 is 9.13 Å². The summed E-state index contributed by atoms with van der Waals surface area (Å²) in [6.45, 7) is 4.51. The van der Waals surface area contributed by atoms with E-state index < -0.39 is 0 Å². The fraction of sp³-hybridized carbons (Fsp3) is 0.0638. The summed E-state index contributed by atoms with van der Waals surface area (Å²) in [5.74, 6) is 0. The Morgan fingerprint density at radius 2 is 0.980 bits per heavy atom. The van der Waals surface area contributed by atoms with E-state index in [1.807, 2.05) is 0 Å². The van der Waals surface area contributed by atoms with Gasteiger partial charge in [0.1, 0.15) is 0 Å². The molecule has 2 aromatic heterocycles. The summed E-state index contributed by atoms with van der Waals surface area (Å²) in [4.78, 5) is 0. The summed E-state index contributed by atoms with van der Waals surface area (Å²) in [6.07, 6.45) is 6.91. The fourth-order valence-corrected chi connectivity index (χ4v) is 7.98. The van der Waals surface area contributed by atoms with Crippen molar-refractivity contribution in [2.45, 2.75) is 13.8 Å². The molecule has 2 nitrogen and oxygen atoms in total. The van der Waals surface area contributed by atoms with Crippen molar-refractivity contribution in [2.24, 2.45) is 5.41 Å². The van der Waals surface area contributed by atoms with E-state index in [2.05, 4.69) is 193 Å². The van der Waals surface area contributed by atoms with Crippen molar-refractivity contribution in [1.29, 1.82) is 0 Å². The van der Waals surface area contributed by atoms with Gasteiger partial charge in [-0.1, -0.05) is 123 Å². The Bertz CT molecular complexity index is 2850. The first-order valence-electron chi connectivity index (χ1n) is 17.1. The average Bonchev–Trinajstić information content (AvgIpc) is 3.79. The summed E-state index contributed by atoms with van der Waals surface area (Å²) < 4.78 is 4.83. The number of nitrogens with zero attached hydrogens (tertiary/aromatic N) is 2. The number of benzene rings is 7. The van der Waals surface area contributed by atoms with Crippen molar-refractivity contribution in [3.8, 4) is 22.5 Å². The number of hydrogen-bond donors (Lipinski definition) is 0. The zero-order valence-electron chi connectivity index (χ0n) is 27.6. The topological polar surface area (TPSA) is 9.86 Å². The predicted octanol–water partition coefficient (Wildman–Crippen LogP) is 12.7. The van der Waals surface area contributed by atoms with Crippen LogP contribution in [0, 0.1) is 5.41 Å². The molecule has 232 valence electrons. The lowest BCUT2D eigenvalue weighted by atomic mass is 9.95. The molecule has 0 amide bonds. The molecule has 0 saturated heterocycles. The normalized spacial score (nSPS) is 14.1. The quantitative estimate of drug-likeness (QED) is 0.184. The second-order valence-corrected chi connectivity index (χ2v) is 14.0. The monoisotopic (exact) mass is 626 g/mol. The fourth-order valence-electron chi connectivity index (χ4n) is 7.98. The average molecular weight is 627 g/mol. The second-order valence-electron chi connectivity index (χ2n) is 14.0. The molecule has 1 aliphatic rings. The zero-order valence-corrected chi connectivity index (χ0v) is 27.6. The minimum absolute atomic E-state index is 0.0863. The Morgan fingerprint density at radius 3 is 1.61 bits per heavy atom. The molecular formula is C47H34N2. The minimum atomic E-state index is 0.0863. The standard InChI is InChI=1S/C47H34N2/c1-47(2)25-24-36(30-47)33-12-9-13-37(27-33)48-43-16-7-5-14-39(43)41-28-34(19-22-45(41)48)35-20-23-46-42(29-35)40-15-6-8-17-44(40)49(46)38-21-18-31-10-3-4-11-32(31)26-38/h3-30H,1-2H3. The molecule has 0 saturated carbocycles. The van der Waals surface area contributed by atoms with Gasteiger partial charge in [0, 0.05) is 38.3 Å². The molecule has 0 radical (unpaired) electrons. The number of allylic oxidation sites excluding steroid dienone is 4. The van der Waals surface area contributed by atoms with Gasteiger partial charge in [-0.3, -0.25) is 0 Å². The highest BCUT2D eigenvalue weighted by Crippen LogP contribution is 2.39. The van der Waals surface area contributed by atoms with E-state index in [1.165, 1.54) is 88.0 Å². The molecule has 2 heterocycles. The first-order valence-corrected chi connectivity index (χ1v) is 17.1. The molecular weight excluding hydrogens is 593 g/mol. The molecule has 10 rings (SSSR count). The molecule has 7 aromatic carbocycles. The molecule has 0 N–H and O–H groups in total. The lowest BCUT2D eigenvalue weighted by Gasteiger charge is -2.12. The van der Waals surface area contributed by atoms with Gasteiger partial charge in [-0.05, 0) is 93.7 Å². The van der Waals surface area contributed by atoms with Crippen LogP contribution in [0.4, 0.5) is 0 Å². The van der Waals surface area contributed by atoms with Crippen molar-refractivity contribution < 1.29 is 0 Å². The van der Waals surface area contributed by atoms with Gasteiger partial charge in [0.15, 0.2) is 0 Å². The van der Waals surface area contributed by atoms with Gasteiger partial charge >= 0.3 is 0 Å². The minimum Gasteiger partial charge on any atom is -0.309 e. The Labute approximate surface area is 285 Å². The van der Waals surface area contributed by atoms with E-state index in [-0.39, 0.29) is 5.41 Å². The number of fused-ring (bicyclic) bond motifs is 7. The highest BCUT2D eigenvalue weighted by atomic mass is 15.0. The molecule has 0 unspecified atom stereocenters. The SMILES string of the molecule is CC1(C)C=CC(c2cccc(-n3c4ccccc4c4cc(-c5ccc6c(c5)c5ccccc5n6-c5ccc6ccccc6c5)ccc43)c2)=C1. The van der Waals surface area contributed by atoms with E-state index in [0.717, 1.165) is 0 Å². The van der Waals surface area contributed by atoms with Gasteiger partial charge in [0.25, 0.3) is 0 Å². The summed E-state index contributed by atoms with van der Waals surface area (Å²) in [5, 5.41) is 7.56. The molecule has 0 aliphatic heterocycles. The molecule has 0 bridgehead atoms. The molecule has 2 heteroatoms. The smallest absolute Gasteiger partial charge is 0.0541 e. The van der Waals surface area contributed by atoms with Gasteiger partial charge in [0.2, 0.25) is 0 Å². The van der Waals surface area contributed by atoms with E-state index in [4.69, 9.17) is 0 Å². The molecule has 0 atom stereocenters. The zero-order chi connectivity index (χ0) is 32.7.